The van der Waals surface area contributed by atoms with Crippen molar-refractivity contribution in [2.45, 2.75) is 19.5 Å². The molecule has 0 radical (unpaired) electrons. The highest BCUT2D eigenvalue weighted by Gasteiger charge is 2.56. The van der Waals surface area contributed by atoms with Gasteiger partial charge in [0.1, 0.15) is 5.66 Å². The van der Waals surface area contributed by atoms with Gasteiger partial charge in [-0.25, -0.2) is 0 Å². The molecule has 0 saturated heterocycles. The van der Waals surface area contributed by atoms with E-state index in [-0.39, 0.29) is 22.3 Å². The number of carbonyl (C=O) groups is 4. The zero-order chi connectivity index (χ0) is 24.9. The lowest BCUT2D eigenvalue weighted by atomic mass is 10.1. The molecule has 33 heavy (non-hydrogen) atoms. The van der Waals surface area contributed by atoms with Gasteiger partial charge in [-0.05, 0) is 141 Å². The number of carbonyl (C=O) groups excluding carboxylic acids is 4. The topological polar surface area (TPSA) is 74.8 Å². The van der Waals surface area contributed by atoms with Gasteiger partial charge in [0.15, 0.2) is 0 Å². The Bertz CT molecular complexity index is 1180. The van der Waals surface area contributed by atoms with Crippen LogP contribution in [0.3, 0.4) is 0 Å². The second kappa shape index (κ2) is 8.84. The maximum absolute atomic E-state index is 13.5. The molecule has 6 nitrogen and oxygen atoms in total. The molecule has 0 aliphatic carbocycles. The highest BCUT2D eigenvalue weighted by molar-refractivity contribution is 9.15. The third-order valence-electron chi connectivity index (χ3n) is 5.30. The van der Waals surface area contributed by atoms with Crippen LogP contribution in [0.4, 0.5) is 0 Å². The van der Waals surface area contributed by atoms with Crippen LogP contribution in [0.25, 0.3) is 0 Å². The minimum absolute atomic E-state index is 0.125. The highest BCUT2D eigenvalue weighted by atomic mass is 79.9. The summed E-state index contributed by atoms with van der Waals surface area (Å²) in [5, 5.41) is 0. The van der Waals surface area contributed by atoms with Crippen molar-refractivity contribution < 1.29 is 19.2 Å². The van der Waals surface area contributed by atoms with E-state index in [2.05, 4.69) is 127 Å². The van der Waals surface area contributed by atoms with Gasteiger partial charge in [-0.2, -0.15) is 0 Å². The molecule has 2 aliphatic rings. The summed E-state index contributed by atoms with van der Waals surface area (Å²) in [5.74, 6) is -2.56. The molecule has 0 N–H and O–H groups in total. The van der Waals surface area contributed by atoms with E-state index in [1.807, 2.05) is 0 Å². The smallest absolute Gasteiger partial charge is 0.264 e. The van der Waals surface area contributed by atoms with Crippen molar-refractivity contribution >= 4 is 151 Å². The monoisotopic (exact) mass is 957 g/mol. The van der Waals surface area contributed by atoms with Gasteiger partial charge in [0, 0.05) is 35.8 Å². The Hall–Kier alpha value is 0.560. The molecule has 2 aromatic rings. The summed E-state index contributed by atoms with van der Waals surface area (Å²) in [6, 6.07) is 0. The molecule has 0 spiro atoms. The zero-order valence-corrected chi connectivity index (χ0v) is 28.7. The van der Waals surface area contributed by atoms with Gasteiger partial charge in [0.05, 0.1) is 22.3 Å². The van der Waals surface area contributed by atoms with E-state index in [0.717, 1.165) is 9.80 Å². The van der Waals surface area contributed by atoms with Gasteiger partial charge in [0.25, 0.3) is 23.6 Å². The fourth-order valence-electron chi connectivity index (χ4n) is 3.79. The molecule has 0 bridgehead atoms. The largest absolute Gasteiger partial charge is 0.268 e. The van der Waals surface area contributed by atoms with E-state index in [9.17, 15) is 19.2 Å². The average Bonchev–Trinajstić information content (AvgIpc) is 3.17. The predicted molar refractivity (Wildman–Crippen MR) is 150 cm³/mol. The van der Waals surface area contributed by atoms with Crippen LogP contribution in [0.15, 0.2) is 35.8 Å². The second-order valence-electron chi connectivity index (χ2n) is 7.40. The minimum atomic E-state index is -1.63. The van der Waals surface area contributed by atoms with Crippen molar-refractivity contribution in [3.63, 3.8) is 0 Å². The lowest BCUT2D eigenvalue weighted by molar-refractivity contribution is 0.00426. The van der Waals surface area contributed by atoms with E-state index in [1.54, 1.807) is 0 Å². The fraction of sp³-hybridized carbons (Fsp3) is 0.158. The van der Waals surface area contributed by atoms with E-state index in [0.29, 0.717) is 35.8 Å². The molecule has 0 unspecified atom stereocenters. The minimum Gasteiger partial charge on any atom is -0.268 e. The van der Waals surface area contributed by atoms with Crippen molar-refractivity contribution in [3.8, 4) is 0 Å². The number of nitrogens with zero attached hydrogens (tertiary/aromatic N) is 2. The molecule has 2 aliphatic heterocycles. The van der Waals surface area contributed by atoms with Crippen LogP contribution in [0.5, 0.6) is 0 Å². The van der Waals surface area contributed by atoms with E-state index >= 15 is 0 Å². The van der Waals surface area contributed by atoms with Crippen molar-refractivity contribution in [2.24, 2.45) is 0 Å². The number of imide groups is 2. The van der Waals surface area contributed by atoms with E-state index < -0.39 is 29.3 Å². The predicted octanol–water partition coefficient (Wildman–Crippen LogP) is 8.41. The lowest BCUT2D eigenvalue weighted by Crippen LogP contribution is -2.60. The highest BCUT2D eigenvalue weighted by Crippen LogP contribution is 2.49. The van der Waals surface area contributed by atoms with E-state index in [1.165, 1.54) is 13.8 Å². The van der Waals surface area contributed by atoms with E-state index in [4.69, 9.17) is 0 Å². The van der Waals surface area contributed by atoms with Crippen LogP contribution >= 0.6 is 127 Å². The molecular weight excluding hydrogens is 959 g/mol. The molecular formula is C19H6Br8N2O4. The summed E-state index contributed by atoms with van der Waals surface area (Å²) in [4.78, 5) is 55.9. The molecule has 0 atom stereocenters. The average molecular weight is 965 g/mol. The van der Waals surface area contributed by atoms with Gasteiger partial charge in [-0.1, -0.05) is 0 Å². The first-order valence-electron chi connectivity index (χ1n) is 8.67. The molecule has 0 aromatic heterocycles. The summed E-state index contributed by atoms with van der Waals surface area (Å²) in [7, 11) is 0. The Labute approximate surface area is 254 Å². The summed E-state index contributed by atoms with van der Waals surface area (Å²) in [6.45, 7) is 2.96. The molecule has 2 aromatic carbocycles. The third kappa shape index (κ3) is 3.55. The molecule has 4 rings (SSSR count). The summed E-state index contributed by atoms with van der Waals surface area (Å²) in [5.41, 5.74) is -1.13. The molecule has 2 heterocycles. The Kier molecular flexibility index (Phi) is 7.13. The number of fused-ring (bicyclic) bond motifs is 2. The van der Waals surface area contributed by atoms with Gasteiger partial charge >= 0.3 is 0 Å². The summed E-state index contributed by atoms with van der Waals surface area (Å²) in [6.07, 6.45) is 0. The Morgan fingerprint density at radius 1 is 0.424 bits per heavy atom. The SMILES string of the molecule is CC(C)(N1C(=O)c2c(Br)c(Br)c(Br)c(Br)c2C1=O)N1C(=O)c2c(Br)c(Br)c(Br)c(Br)c2C1=O. The standard InChI is InChI=1S/C19H6Br8N2O4/c1-19(2,28-15(30)3-4(16(28)31)8(21)12(25)11(24)7(3)20)29-17(32)5-6(18(29)33)10(23)14(27)13(26)9(5)22/h1-2H3. The normalized spacial score (nSPS) is 15.7. The van der Waals surface area contributed by atoms with Gasteiger partial charge < -0.3 is 0 Å². The zero-order valence-electron chi connectivity index (χ0n) is 16.1. The number of rotatable bonds is 2. The van der Waals surface area contributed by atoms with Crippen LogP contribution in [0, 0.1) is 0 Å². The van der Waals surface area contributed by atoms with Crippen LogP contribution < -0.4 is 0 Å². The second-order valence-corrected chi connectivity index (χ2v) is 13.7. The molecule has 0 saturated carbocycles. The molecule has 172 valence electrons. The van der Waals surface area contributed by atoms with Crippen LogP contribution in [-0.2, 0) is 0 Å². The Balaban J connectivity index is 1.90. The number of halogens is 8. The van der Waals surface area contributed by atoms with Crippen molar-refractivity contribution in [2.75, 3.05) is 0 Å². The first kappa shape index (κ1) is 26.6. The summed E-state index contributed by atoms with van der Waals surface area (Å²) < 4.78 is 3.67. The number of hydrogen-bond donors (Lipinski definition) is 0. The maximum atomic E-state index is 13.5. The van der Waals surface area contributed by atoms with Gasteiger partial charge in [-0.3, -0.25) is 29.0 Å². The third-order valence-corrected chi connectivity index (χ3v) is 14.8. The van der Waals surface area contributed by atoms with Gasteiger partial charge in [-0.15, -0.1) is 0 Å². The molecule has 4 amide bonds. The van der Waals surface area contributed by atoms with Crippen LogP contribution in [0.2, 0.25) is 0 Å². The number of amides is 4. The first-order chi connectivity index (χ1) is 15.2. The van der Waals surface area contributed by atoms with Crippen LogP contribution in [-0.4, -0.2) is 39.1 Å². The van der Waals surface area contributed by atoms with Crippen molar-refractivity contribution in [3.05, 3.63) is 58.0 Å². The maximum Gasteiger partial charge on any atom is 0.264 e. The lowest BCUT2D eigenvalue weighted by Gasteiger charge is -2.40. The Morgan fingerprint density at radius 2 is 0.606 bits per heavy atom. The number of benzene rings is 2. The van der Waals surface area contributed by atoms with Crippen molar-refractivity contribution in [1.29, 1.82) is 0 Å². The molecule has 0 fully saturated rings. The molecule has 14 heteroatoms. The van der Waals surface area contributed by atoms with Crippen LogP contribution in [0.1, 0.15) is 55.3 Å². The fourth-order valence-corrected chi connectivity index (χ4v) is 8.71. The Morgan fingerprint density at radius 3 is 0.788 bits per heavy atom. The van der Waals surface area contributed by atoms with Crippen molar-refractivity contribution in [1.82, 2.24) is 9.80 Å². The van der Waals surface area contributed by atoms with Gasteiger partial charge in [0.2, 0.25) is 0 Å². The summed E-state index contributed by atoms with van der Waals surface area (Å²) >= 11 is 27.1. The number of hydrogen-bond acceptors (Lipinski definition) is 4. The quantitative estimate of drug-likeness (QED) is 0.172. The first-order valence-corrected chi connectivity index (χ1v) is 15.0.